The van der Waals surface area contributed by atoms with Gasteiger partial charge in [-0.1, -0.05) is 6.92 Å². The van der Waals surface area contributed by atoms with E-state index in [2.05, 4.69) is 27.1 Å². The molecule has 2 aliphatic rings. The van der Waals surface area contributed by atoms with Gasteiger partial charge in [0.2, 0.25) is 11.9 Å². The van der Waals surface area contributed by atoms with Gasteiger partial charge in [-0.3, -0.25) is 4.79 Å². The summed E-state index contributed by atoms with van der Waals surface area (Å²) in [6, 6.07) is 2.39. The van der Waals surface area contributed by atoms with Gasteiger partial charge in [-0.05, 0) is 19.8 Å². The van der Waals surface area contributed by atoms with Crippen LogP contribution < -0.4 is 10.2 Å². The zero-order chi connectivity index (χ0) is 14.8. The van der Waals surface area contributed by atoms with E-state index in [1.54, 1.807) is 0 Å². The van der Waals surface area contributed by atoms with Crippen molar-refractivity contribution in [3.05, 3.63) is 11.8 Å². The van der Waals surface area contributed by atoms with Crippen LogP contribution >= 0.6 is 0 Å². The molecule has 2 saturated heterocycles. The summed E-state index contributed by atoms with van der Waals surface area (Å²) in [5.74, 6) is 1.99. The molecule has 6 nitrogen and oxygen atoms in total. The predicted octanol–water partition coefficient (Wildman–Crippen LogP) is 1.42. The van der Waals surface area contributed by atoms with Crippen LogP contribution in [0.25, 0.3) is 0 Å². The number of carbonyl (C=O) groups is 1. The van der Waals surface area contributed by atoms with E-state index >= 15 is 0 Å². The lowest BCUT2D eigenvalue weighted by molar-refractivity contribution is -0.129. The van der Waals surface area contributed by atoms with E-state index in [0.717, 1.165) is 50.5 Å². The standard InChI is InChI=1S/C15H23N5O/c1-3-6-16-15-17-11(2)9-13(18-15)19-7-8-20-12(10-19)4-5-14(20)21/h9,12H,3-8,10H2,1-2H3,(H,16,17,18). The van der Waals surface area contributed by atoms with Crippen LogP contribution in [-0.2, 0) is 4.79 Å². The van der Waals surface area contributed by atoms with Crippen LogP contribution in [0.2, 0.25) is 0 Å². The SMILES string of the molecule is CCCNc1nc(C)cc(N2CCN3C(=O)CCC3C2)n1. The maximum absolute atomic E-state index is 11.7. The summed E-state index contributed by atoms with van der Waals surface area (Å²) in [5.41, 5.74) is 0.975. The molecule has 1 N–H and O–H groups in total. The summed E-state index contributed by atoms with van der Waals surface area (Å²) in [5, 5.41) is 3.25. The molecule has 0 spiro atoms. The minimum Gasteiger partial charge on any atom is -0.354 e. The van der Waals surface area contributed by atoms with Gasteiger partial charge in [-0.2, -0.15) is 4.98 Å². The number of aryl methyl sites for hydroxylation is 1. The highest BCUT2D eigenvalue weighted by Crippen LogP contribution is 2.26. The van der Waals surface area contributed by atoms with Crippen molar-refractivity contribution in [3.63, 3.8) is 0 Å². The molecule has 2 fully saturated rings. The smallest absolute Gasteiger partial charge is 0.224 e. The molecule has 6 heteroatoms. The maximum Gasteiger partial charge on any atom is 0.224 e. The molecule has 0 aliphatic carbocycles. The van der Waals surface area contributed by atoms with Crippen molar-refractivity contribution >= 4 is 17.7 Å². The van der Waals surface area contributed by atoms with Gasteiger partial charge in [0.05, 0.1) is 0 Å². The Balaban J connectivity index is 1.74. The lowest BCUT2D eigenvalue weighted by Crippen LogP contribution is -2.51. The first kappa shape index (κ1) is 14.1. The summed E-state index contributed by atoms with van der Waals surface area (Å²) in [6.45, 7) is 7.55. The van der Waals surface area contributed by atoms with Crippen molar-refractivity contribution < 1.29 is 4.79 Å². The average Bonchev–Trinajstić information content (AvgIpc) is 2.85. The third kappa shape index (κ3) is 2.94. The first-order valence-corrected chi connectivity index (χ1v) is 7.81. The topological polar surface area (TPSA) is 61.4 Å². The highest BCUT2D eigenvalue weighted by Gasteiger charge is 2.35. The van der Waals surface area contributed by atoms with Crippen molar-refractivity contribution in [2.75, 3.05) is 36.4 Å². The molecule has 0 radical (unpaired) electrons. The minimum absolute atomic E-state index is 0.309. The van der Waals surface area contributed by atoms with Crippen LogP contribution in [0.3, 0.4) is 0 Å². The van der Waals surface area contributed by atoms with Crippen LogP contribution in [0, 0.1) is 6.92 Å². The Hall–Kier alpha value is -1.85. The highest BCUT2D eigenvalue weighted by molar-refractivity contribution is 5.79. The van der Waals surface area contributed by atoms with E-state index in [-0.39, 0.29) is 0 Å². The zero-order valence-corrected chi connectivity index (χ0v) is 12.8. The van der Waals surface area contributed by atoms with Crippen LogP contribution in [0.4, 0.5) is 11.8 Å². The van der Waals surface area contributed by atoms with E-state index in [9.17, 15) is 4.79 Å². The van der Waals surface area contributed by atoms with E-state index in [1.165, 1.54) is 0 Å². The summed E-state index contributed by atoms with van der Waals surface area (Å²) in [7, 11) is 0. The highest BCUT2D eigenvalue weighted by atomic mass is 16.2. The maximum atomic E-state index is 11.7. The molecule has 3 heterocycles. The third-order valence-corrected chi connectivity index (χ3v) is 4.19. The molecule has 1 atom stereocenters. The van der Waals surface area contributed by atoms with Gasteiger partial charge in [0.1, 0.15) is 5.82 Å². The molecule has 2 aliphatic heterocycles. The Morgan fingerprint density at radius 1 is 1.38 bits per heavy atom. The minimum atomic E-state index is 0.309. The number of hydrogen-bond donors (Lipinski definition) is 1. The predicted molar refractivity (Wildman–Crippen MR) is 82.5 cm³/mol. The summed E-state index contributed by atoms with van der Waals surface area (Å²) < 4.78 is 0. The Labute approximate surface area is 125 Å². The first-order chi connectivity index (χ1) is 10.2. The van der Waals surface area contributed by atoms with Crippen LogP contribution in [-0.4, -0.2) is 53.0 Å². The number of hydrogen-bond acceptors (Lipinski definition) is 5. The second kappa shape index (κ2) is 5.87. The fourth-order valence-electron chi connectivity index (χ4n) is 3.10. The monoisotopic (exact) mass is 289 g/mol. The number of rotatable bonds is 4. The second-order valence-corrected chi connectivity index (χ2v) is 5.84. The molecule has 1 aromatic rings. The Morgan fingerprint density at radius 3 is 3.05 bits per heavy atom. The number of fused-ring (bicyclic) bond motifs is 1. The quantitative estimate of drug-likeness (QED) is 0.908. The van der Waals surface area contributed by atoms with Crippen LogP contribution in [0.5, 0.6) is 0 Å². The Bertz CT molecular complexity index is 533. The van der Waals surface area contributed by atoms with Gasteiger partial charge in [0.25, 0.3) is 0 Å². The molecule has 3 rings (SSSR count). The first-order valence-electron chi connectivity index (χ1n) is 7.81. The van der Waals surface area contributed by atoms with Crippen LogP contribution in [0.1, 0.15) is 31.9 Å². The number of amides is 1. The Kier molecular flexibility index (Phi) is 3.94. The average molecular weight is 289 g/mol. The van der Waals surface area contributed by atoms with Crippen molar-refractivity contribution in [3.8, 4) is 0 Å². The fraction of sp³-hybridized carbons (Fsp3) is 0.667. The molecule has 114 valence electrons. The van der Waals surface area contributed by atoms with Crippen LogP contribution in [0.15, 0.2) is 6.07 Å². The normalized spacial score (nSPS) is 21.6. The number of aromatic nitrogens is 2. The molecular formula is C15H23N5O. The summed E-state index contributed by atoms with van der Waals surface area (Å²) in [6.07, 6.45) is 2.72. The van der Waals surface area contributed by atoms with E-state index in [4.69, 9.17) is 0 Å². The Morgan fingerprint density at radius 2 is 2.24 bits per heavy atom. The van der Waals surface area contributed by atoms with Crippen molar-refractivity contribution in [1.82, 2.24) is 14.9 Å². The second-order valence-electron chi connectivity index (χ2n) is 5.84. The van der Waals surface area contributed by atoms with E-state index in [1.807, 2.05) is 17.9 Å². The van der Waals surface area contributed by atoms with Gasteiger partial charge in [0.15, 0.2) is 0 Å². The fourth-order valence-corrected chi connectivity index (χ4v) is 3.10. The third-order valence-electron chi connectivity index (χ3n) is 4.19. The number of carbonyl (C=O) groups excluding carboxylic acids is 1. The number of anilines is 2. The van der Waals surface area contributed by atoms with Gasteiger partial charge in [0, 0.05) is 50.4 Å². The zero-order valence-electron chi connectivity index (χ0n) is 12.8. The number of piperazine rings is 1. The van der Waals surface area contributed by atoms with Crippen molar-refractivity contribution in [2.24, 2.45) is 0 Å². The molecule has 1 aromatic heterocycles. The largest absolute Gasteiger partial charge is 0.354 e. The van der Waals surface area contributed by atoms with Gasteiger partial charge >= 0.3 is 0 Å². The molecule has 1 amide bonds. The van der Waals surface area contributed by atoms with Gasteiger partial charge in [-0.15, -0.1) is 0 Å². The number of nitrogens with one attached hydrogen (secondary N) is 1. The molecule has 0 bridgehead atoms. The lowest BCUT2D eigenvalue weighted by atomic mass is 10.1. The number of nitrogens with zero attached hydrogens (tertiary/aromatic N) is 4. The van der Waals surface area contributed by atoms with E-state index in [0.29, 0.717) is 24.3 Å². The summed E-state index contributed by atoms with van der Waals surface area (Å²) in [4.78, 5) is 25.1. The lowest BCUT2D eigenvalue weighted by Gasteiger charge is -2.38. The van der Waals surface area contributed by atoms with Gasteiger partial charge in [-0.25, -0.2) is 4.98 Å². The molecule has 21 heavy (non-hydrogen) atoms. The molecule has 0 aromatic carbocycles. The van der Waals surface area contributed by atoms with Crippen molar-refractivity contribution in [1.29, 1.82) is 0 Å². The molecule has 0 saturated carbocycles. The molecule has 1 unspecified atom stereocenters. The van der Waals surface area contributed by atoms with E-state index < -0.39 is 0 Å². The summed E-state index contributed by atoms with van der Waals surface area (Å²) >= 11 is 0. The van der Waals surface area contributed by atoms with Gasteiger partial charge < -0.3 is 15.1 Å². The van der Waals surface area contributed by atoms with Crippen molar-refractivity contribution in [2.45, 2.75) is 39.2 Å². The molecular weight excluding hydrogens is 266 g/mol.